The molecule has 3 N–H and O–H groups in total. The van der Waals surface area contributed by atoms with Crippen LogP contribution >= 0.6 is 11.6 Å². The van der Waals surface area contributed by atoms with Gasteiger partial charge < -0.3 is 20.5 Å². The molecular weight excluding hydrogens is 276 g/mol. The van der Waals surface area contributed by atoms with Crippen LogP contribution in [0.1, 0.15) is 13.8 Å². The topological polar surface area (TPSA) is 105 Å². The summed E-state index contributed by atoms with van der Waals surface area (Å²) < 4.78 is 4.61. The highest BCUT2D eigenvalue weighted by Gasteiger charge is 2.19. The molecule has 0 spiro atoms. The van der Waals surface area contributed by atoms with E-state index in [-0.39, 0.29) is 24.2 Å². The number of ether oxygens (including phenoxy) is 1. The van der Waals surface area contributed by atoms with Crippen molar-refractivity contribution in [3.63, 3.8) is 0 Å². The summed E-state index contributed by atoms with van der Waals surface area (Å²) in [6.07, 6.45) is -0.717. The molecule has 7 nitrogen and oxygen atoms in total. The zero-order valence-corrected chi connectivity index (χ0v) is 11.7. The fraction of sp³-hybridized carbons (Fsp3) is 0.727. The first-order valence-electron chi connectivity index (χ1n) is 5.86. The molecule has 0 heterocycles. The Kier molecular flexibility index (Phi) is 8.90. The Labute approximate surface area is 116 Å². The van der Waals surface area contributed by atoms with Crippen molar-refractivity contribution in [3.8, 4) is 0 Å². The first kappa shape index (κ1) is 17.7. The van der Waals surface area contributed by atoms with Crippen molar-refractivity contribution >= 4 is 29.4 Å². The van der Waals surface area contributed by atoms with E-state index in [4.69, 9.17) is 16.7 Å². The predicted molar refractivity (Wildman–Crippen MR) is 69.0 cm³/mol. The summed E-state index contributed by atoms with van der Waals surface area (Å²) in [7, 11) is 0. The summed E-state index contributed by atoms with van der Waals surface area (Å²) in [6.45, 7) is 4.70. The van der Waals surface area contributed by atoms with E-state index in [2.05, 4.69) is 15.4 Å². The second-order valence-corrected chi connectivity index (χ2v) is 4.45. The van der Waals surface area contributed by atoms with Gasteiger partial charge in [-0.1, -0.05) is 13.8 Å². The summed E-state index contributed by atoms with van der Waals surface area (Å²) in [5.41, 5.74) is 0. The molecule has 0 aliphatic carbocycles. The van der Waals surface area contributed by atoms with Crippen LogP contribution in [0.5, 0.6) is 0 Å². The van der Waals surface area contributed by atoms with Crippen molar-refractivity contribution in [2.24, 2.45) is 5.92 Å². The third-order valence-electron chi connectivity index (χ3n) is 2.12. The van der Waals surface area contributed by atoms with Gasteiger partial charge >= 0.3 is 11.9 Å². The largest absolute Gasteiger partial charge is 0.473 e. The van der Waals surface area contributed by atoms with Gasteiger partial charge in [-0.3, -0.25) is 4.79 Å². The van der Waals surface area contributed by atoms with Crippen LogP contribution in [0.3, 0.4) is 0 Å². The number of halogens is 1. The zero-order valence-electron chi connectivity index (χ0n) is 10.9. The molecule has 0 aliphatic heterocycles. The number of rotatable bonds is 8. The lowest BCUT2D eigenvalue weighted by molar-refractivity contribution is -0.166. The maximum Gasteiger partial charge on any atom is 0.417 e. The zero-order chi connectivity index (χ0) is 14.8. The summed E-state index contributed by atoms with van der Waals surface area (Å²) in [6, 6.07) is 0. The van der Waals surface area contributed by atoms with E-state index < -0.39 is 18.0 Å². The number of carboxylic acids is 1. The van der Waals surface area contributed by atoms with Gasteiger partial charge in [0.25, 0.3) is 0 Å². The lowest BCUT2D eigenvalue weighted by Gasteiger charge is -2.15. The molecule has 0 aromatic heterocycles. The van der Waals surface area contributed by atoms with Crippen molar-refractivity contribution < 1.29 is 24.2 Å². The Bertz CT molecular complexity index is 322. The molecule has 0 bridgehead atoms. The third-order valence-corrected chi connectivity index (χ3v) is 2.46. The van der Waals surface area contributed by atoms with Crippen molar-refractivity contribution in [1.82, 2.24) is 10.6 Å². The first-order chi connectivity index (χ1) is 8.88. The highest BCUT2D eigenvalue weighted by Crippen LogP contribution is 1.95. The van der Waals surface area contributed by atoms with Crippen LogP contribution in [-0.2, 0) is 19.1 Å². The van der Waals surface area contributed by atoms with Gasteiger partial charge in [0.1, 0.15) is 6.10 Å². The highest BCUT2D eigenvalue weighted by molar-refractivity contribution is 6.28. The Morgan fingerprint density at radius 1 is 1.26 bits per heavy atom. The molecule has 0 aromatic carbocycles. The minimum Gasteiger partial charge on any atom is -0.473 e. The molecule has 0 rings (SSSR count). The van der Waals surface area contributed by atoms with Crippen LogP contribution in [0.25, 0.3) is 0 Å². The fourth-order valence-electron chi connectivity index (χ4n) is 1.07. The number of carbonyl (C=O) groups is 3. The van der Waals surface area contributed by atoms with Crippen LogP contribution in [-0.4, -0.2) is 54.6 Å². The lowest BCUT2D eigenvalue weighted by atomic mass is 10.2. The lowest BCUT2D eigenvalue weighted by Crippen LogP contribution is -2.39. The number of alkyl halides is 1. The Morgan fingerprint density at radius 2 is 1.89 bits per heavy atom. The van der Waals surface area contributed by atoms with Gasteiger partial charge in [-0.2, -0.15) is 0 Å². The minimum atomic E-state index is -1.65. The van der Waals surface area contributed by atoms with Crippen LogP contribution in [0.4, 0.5) is 0 Å². The van der Waals surface area contributed by atoms with Gasteiger partial charge in [-0.15, -0.1) is 11.6 Å². The summed E-state index contributed by atoms with van der Waals surface area (Å²) in [4.78, 5) is 32.3. The summed E-state index contributed by atoms with van der Waals surface area (Å²) >= 11 is 5.54. The average molecular weight is 295 g/mol. The van der Waals surface area contributed by atoms with Gasteiger partial charge in [0.05, 0.1) is 5.88 Å². The van der Waals surface area contributed by atoms with Crippen molar-refractivity contribution in [2.75, 3.05) is 25.5 Å². The Hall–Kier alpha value is -1.34. The van der Waals surface area contributed by atoms with Gasteiger partial charge in [0.15, 0.2) is 0 Å². The van der Waals surface area contributed by atoms with Crippen LogP contribution in [0.15, 0.2) is 0 Å². The SMILES string of the molecule is CC(C)C(=O)NCCNCC(CCl)OC(=O)C(=O)O. The van der Waals surface area contributed by atoms with E-state index in [1.807, 2.05) is 0 Å². The molecule has 0 saturated carbocycles. The molecule has 0 fully saturated rings. The number of nitrogens with one attached hydrogen (secondary N) is 2. The Morgan fingerprint density at radius 3 is 2.37 bits per heavy atom. The van der Waals surface area contributed by atoms with Crippen LogP contribution in [0.2, 0.25) is 0 Å². The standard InChI is InChI=1S/C11H19ClN2O5/c1-7(2)9(15)14-4-3-13-6-8(5-12)19-11(18)10(16)17/h7-8,13H,3-6H2,1-2H3,(H,14,15)(H,16,17). The molecule has 1 amide bonds. The maximum absolute atomic E-state index is 11.2. The van der Waals surface area contributed by atoms with Gasteiger partial charge in [-0.25, -0.2) is 9.59 Å². The number of esters is 1. The van der Waals surface area contributed by atoms with Crippen LogP contribution in [0, 0.1) is 5.92 Å². The molecule has 0 aliphatic rings. The molecular formula is C11H19ClN2O5. The van der Waals surface area contributed by atoms with E-state index in [1.165, 1.54) is 0 Å². The van der Waals surface area contributed by atoms with E-state index in [0.717, 1.165) is 0 Å². The van der Waals surface area contributed by atoms with E-state index in [1.54, 1.807) is 13.8 Å². The quantitative estimate of drug-likeness (QED) is 0.243. The summed E-state index contributed by atoms with van der Waals surface area (Å²) in [5, 5.41) is 14.0. The first-order valence-corrected chi connectivity index (χ1v) is 6.40. The monoisotopic (exact) mass is 294 g/mol. The molecule has 0 radical (unpaired) electrons. The fourth-order valence-corrected chi connectivity index (χ4v) is 1.24. The number of hydrogen-bond acceptors (Lipinski definition) is 5. The smallest absolute Gasteiger partial charge is 0.417 e. The van der Waals surface area contributed by atoms with E-state index in [9.17, 15) is 14.4 Å². The second kappa shape index (κ2) is 9.57. The van der Waals surface area contributed by atoms with Gasteiger partial charge in [-0.05, 0) is 0 Å². The summed E-state index contributed by atoms with van der Waals surface area (Å²) in [5.74, 6) is -3.12. The minimum absolute atomic E-state index is 0.00955. The highest BCUT2D eigenvalue weighted by atomic mass is 35.5. The number of amides is 1. The molecule has 19 heavy (non-hydrogen) atoms. The van der Waals surface area contributed by atoms with Crippen molar-refractivity contribution in [1.29, 1.82) is 0 Å². The molecule has 8 heteroatoms. The number of carboxylic acid groups (broad SMARTS) is 1. The normalized spacial score (nSPS) is 12.0. The second-order valence-electron chi connectivity index (χ2n) is 4.14. The number of aliphatic carboxylic acids is 1. The Balaban J connectivity index is 3.76. The molecule has 1 unspecified atom stereocenters. The number of carbonyl (C=O) groups excluding carboxylic acids is 2. The number of hydrogen-bond donors (Lipinski definition) is 3. The van der Waals surface area contributed by atoms with Gasteiger partial charge in [0.2, 0.25) is 5.91 Å². The van der Waals surface area contributed by atoms with E-state index in [0.29, 0.717) is 13.1 Å². The predicted octanol–water partition coefficient (Wildman–Crippen LogP) is -0.417. The van der Waals surface area contributed by atoms with Crippen molar-refractivity contribution in [3.05, 3.63) is 0 Å². The maximum atomic E-state index is 11.2. The molecule has 0 aromatic rings. The molecule has 1 atom stereocenters. The average Bonchev–Trinajstić information content (AvgIpc) is 2.35. The molecule has 0 saturated heterocycles. The molecule has 110 valence electrons. The third kappa shape index (κ3) is 8.39. The van der Waals surface area contributed by atoms with Gasteiger partial charge in [0, 0.05) is 25.6 Å². The van der Waals surface area contributed by atoms with Crippen LogP contribution < -0.4 is 10.6 Å². The van der Waals surface area contributed by atoms with E-state index >= 15 is 0 Å². The van der Waals surface area contributed by atoms with Crippen molar-refractivity contribution in [2.45, 2.75) is 20.0 Å².